The molecule has 11 heteroatoms. The van der Waals surface area contributed by atoms with Gasteiger partial charge in [-0.2, -0.15) is 10.2 Å². The van der Waals surface area contributed by atoms with E-state index in [9.17, 15) is 0 Å². The molecular formula is C26H30N10O. The number of allylic oxidation sites excluding steroid dienone is 1. The maximum absolute atomic E-state index is 6.11. The molecule has 37 heavy (non-hydrogen) atoms. The van der Waals surface area contributed by atoms with Crippen molar-refractivity contribution in [2.75, 3.05) is 28.7 Å². The number of morpholine rings is 1. The normalized spacial score (nSPS) is 23.0. The smallest absolute Gasteiger partial charge is 0.167 e. The van der Waals surface area contributed by atoms with E-state index in [0.717, 1.165) is 71.3 Å². The van der Waals surface area contributed by atoms with E-state index in [0.29, 0.717) is 5.82 Å². The number of ether oxygens (including phenoxy) is 1. The molecule has 2 atom stereocenters. The van der Waals surface area contributed by atoms with Gasteiger partial charge in [-0.15, -0.1) is 0 Å². The molecule has 0 saturated carbocycles. The third-order valence-corrected chi connectivity index (χ3v) is 7.62. The molecule has 4 N–H and O–H groups in total. The van der Waals surface area contributed by atoms with Crippen molar-refractivity contribution in [1.29, 1.82) is 0 Å². The quantitative estimate of drug-likeness (QED) is 0.389. The number of aromatic amines is 1. The Kier molecular flexibility index (Phi) is 4.82. The Morgan fingerprint density at radius 2 is 1.92 bits per heavy atom. The first-order valence-electron chi connectivity index (χ1n) is 12.7. The number of nitrogens with two attached hydrogens (primary N) is 1. The summed E-state index contributed by atoms with van der Waals surface area (Å²) in [6, 6.07) is 7.91. The molecule has 190 valence electrons. The second-order valence-corrected chi connectivity index (χ2v) is 10.6. The van der Waals surface area contributed by atoms with Crippen LogP contribution in [0.15, 0.2) is 48.6 Å². The minimum Gasteiger partial charge on any atom is -0.384 e. The van der Waals surface area contributed by atoms with Crippen LogP contribution < -0.4 is 21.1 Å². The van der Waals surface area contributed by atoms with Crippen LogP contribution in [0, 0.1) is 0 Å². The SMILES string of the molecule is CC1=C(c2cc(N3CC4CCC(C3)O4)nc3c(-c4ccn[nH]4)cnn23)C(C)(C)NN1c1ccc(N)nc1. The second-order valence-electron chi connectivity index (χ2n) is 10.6. The predicted octanol–water partition coefficient (Wildman–Crippen LogP) is 3.00. The number of fused-ring (bicyclic) bond motifs is 3. The molecule has 3 aliphatic heterocycles. The lowest BCUT2D eigenvalue weighted by molar-refractivity contribution is 0.0302. The van der Waals surface area contributed by atoms with E-state index in [4.69, 9.17) is 20.6 Å². The maximum Gasteiger partial charge on any atom is 0.167 e. The van der Waals surface area contributed by atoms with Gasteiger partial charge in [-0.05, 0) is 51.8 Å². The van der Waals surface area contributed by atoms with Crippen LogP contribution in [0.2, 0.25) is 0 Å². The molecular weight excluding hydrogens is 468 g/mol. The maximum atomic E-state index is 6.11. The Bertz CT molecular complexity index is 1490. The van der Waals surface area contributed by atoms with Crippen molar-refractivity contribution < 1.29 is 4.74 Å². The van der Waals surface area contributed by atoms with Gasteiger partial charge in [0.2, 0.25) is 0 Å². The highest BCUT2D eigenvalue weighted by Crippen LogP contribution is 2.41. The Morgan fingerprint density at radius 1 is 1.11 bits per heavy atom. The highest BCUT2D eigenvalue weighted by molar-refractivity contribution is 5.84. The predicted molar refractivity (Wildman–Crippen MR) is 142 cm³/mol. The number of nitrogens with zero attached hydrogens (tertiary/aromatic N) is 7. The Labute approximate surface area is 214 Å². The molecule has 0 aromatic carbocycles. The van der Waals surface area contributed by atoms with Gasteiger partial charge in [-0.3, -0.25) is 10.1 Å². The molecule has 4 aromatic rings. The van der Waals surface area contributed by atoms with Crippen LogP contribution in [0.3, 0.4) is 0 Å². The summed E-state index contributed by atoms with van der Waals surface area (Å²) < 4.78 is 8.06. The van der Waals surface area contributed by atoms with Gasteiger partial charge in [-0.1, -0.05) is 0 Å². The fourth-order valence-corrected chi connectivity index (χ4v) is 5.96. The number of hydrazine groups is 1. The van der Waals surface area contributed by atoms with Crippen LogP contribution in [-0.2, 0) is 4.74 Å². The summed E-state index contributed by atoms with van der Waals surface area (Å²) in [5.74, 6) is 1.43. The first kappa shape index (κ1) is 22.3. The summed E-state index contributed by atoms with van der Waals surface area (Å²) in [4.78, 5) is 11.8. The van der Waals surface area contributed by atoms with Gasteiger partial charge in [0.05, 0.1) is 52.8 Å². The number of pyridine rings is 1. The highest BCUT2D eigenvalue weighted by Gasteiger charge is 2.40. The molecule has 7 rings (SSSR count). The van der Waals surface area contributed by atoms with Crippen molar-refractivity contribution in [3.63, 3.8) is 0 Å². The lowest BCUT2D eigenvalue weighted by atomic mass is 9.91. The number of nitrogen functional groups attached to an aromatic ring is 1. The number of H-pyrrole nitrogens is 1. The van der Waals surface area contributed by atoms with Gasteiger partial charge in [0.15, 0.2) is 5.65 Å². The fraction of sp³-hybridized carbons (Fsp3) is 0.385. The van der Waals surface area contributed by atoms with E-state index >= 15 is 0 Å². The number of anilines is 3. The monoisotopic (exact) mass is 498 g/mol. The zero-order chi connectivity index (χ0) is 25.3. The largest absolute Gasteiger partial charge is 0.384 e. The van der Waals surface area contributed by atoms with Gasteiger partial charge in [0.1, 0.15) is 11.6 Å². The summed E-state index contributed by atoms with van der Waals surface area (Å²) in [6.45, 7) is 8.16. The van der Waals surface area contributed by atoms with E-state index in [2.05, 4.69) is 57.4 Å². The van der Waals surface area contributed by atoms with Crippen LogP contribution in [0.5, 0.6) is 0 Å². The van der Waals surface area contributed by atoms with E-state index in [1.165, 1.54) is 0 Å². The van der Waals surface area contributed by atoms with Crippen LogP contribution in [0.25, 0.3) is 22.5 Å². The number of rotatable bonds is 4. The number of nitrogens with one attached hydrogen (secondary N) is 2. The van der Waals surface area contributed by atoms with E-state index in [1.807, 2.05) is 28.9 Å². The van der Waals surface area contributed by atoms with Crippen LogP contribution in [0.4, 0.5) is 17.3 Å². The van der Waals surface area contributed by atoms with Crippen molar-refractivity contribution in [2.45, 2.75) is 51.4 Å². The van der Waals surface area contributed by atoms with Crippen LogP contribution >= 0.6 is 0 Å². The van der Waals surface area contributed by atoms with Gasteiger partial charge < -0.3 is 15.4 Å². The number of hydrogen-bond donors (Lipinski definition) is 3. The molecule has 0 amide bonds. The molecule has 2 saturated heterocycles. The Morgan fingerprint density at radius 3 is 2.62 bits per heavy atom. The molecule has 2 unspecified atom stereocenters. The van der Waals surface area contributed by atoms with E-state index in [1.54, 1.807) is 12.4 Å². The summed E-state index contributed by atoms with van der Waals surface area (Å²) in [7, 11) is 0. The summed E-state index contributed by atoms with van der Waals surface area (Å²) >= 11 is 0. The fourth-order valence-electron chi connectivity index (χ4n) is 5.96. The van der Waals surface area contributed by atoms with E-state index in [-0.39, 0.29) is 17.7 Å². The van der Waals surface area contributed by atoms with Gasteiger partial charge in [0, 0.05) is 36.6 Å². The van der Waals surface area contributed by atoms with Crippen LogP contribution in [0.1, 0.15) is 39.3 Å². The van der Waals surface area contributed by atoms with Gasteiger partial charge in [-0.25, -0.2) is 19.9 Å². The summed E-state index contributed by atoms with van der Waals surface area (Å²) in [5.41, 5.74) is 15.8. The lowest BCUT2D eigenvalue weighted by Gasteiger charge is -2.33. The topological polar surface area (TPSA) is 126 Å². The molecule has 3 aliphatic rings. The molecule has 4 aromatic heterocycles. The first-order chi connectivity index (χ1) is 17.9. The van der Waals surface area contributed by atoms with Crippen molar-refractivity contribution in [1.82, 2.24) is 35.2 Å². The zero-order valence-electron chi connectivity index (χ0n) is 21.1. The van der Waals surface area contributed by atoms with E-state index < -0.39 is 0 Å². The van der Waals surface area contributed by atoms with Crippen molar-refractivity contribution >= 4 is 28.5 Å². The third kappa shape index (κ3) is 3.57. The Hall–Kier alpha value is -3.96. The molecule has 11 nitrogen and oxygen atoms in total. The number of hydrogen-bond acceptors (Lipinski definition) is 9. The van der Waals surface area contributed by atoms with Gasteiger partial charge >= 0.3 is 0 Å². The molecule has 0 radical (unpaired) electrons. The summed E-state index contributed by atoms with van der Waals surface area (Å²) in [6.07, 6.45) is 8.12. The second kappa shape index (κ2) is 8.02. The average molecular weight is 499 g/mol. The minimum absolute atomic E-state index is 0.260. The van der Waals surface area contributed by atoms with Crippen molar-refractivity contribution in [3.8, 4) is 11.3 Å². The lowest BCUT2D eigenvalue weighted by Crippen LogP contribution is -2.44. The third-order valence-electron chi connectivity index (χ3n) is 7.62. The molecule has 0 spiro atoms. The highest BCUT2D eigenvalue weighted by atomic mass is 16.5. The molecule has 7 heterocycles. The van der Waals surface area contributed by atoms with Crippen molar-refractivity contribution in [3.05, 3.63) is 54.2 Å². The average Bonchev–Trinajstić information content (AvgIpc) is 3.66. The number of aromatic nitrogens is 6. The molecule has 2 bridgehead atoms. The van der Waals surface area contributed by atoms with Crippen molar-refractivity contribution in [2.24, 2.45) is 0 Å². The minimum atomic E-state index is -0.388. The molecule has 0 aliphatic carbocycles. The summed E-state index contributed by atoms with van der Waals surface area (Å²) in [5, 5.41) is 14.1. The first-order valence-corrected chi connectivity index (χ1v) is 12.7. The van der Waals surface area contributed by atoms with Crippen LogP contribution in [-0.4, -0.2) is 60.6 Å². The Balaban J connectivity index is 1.42. The standard InChI is InChI=1S/C26H30N10O/c1-15-24(26(2,3)33-35(15)16-4-7-22(27)28-11-16)21-10-23(34-13-17-5-6-18(14-34)37-17)31-25-19(12-30-36(21)25)20-8-9-29-32-20/h4,7-12,17-18,33H,5-6,13-14H2,1-3H3,(H2,27,28)(H,29,32). The molecule has 2 fully saturated rings. The van der Waals surface area contributed by atoms with Gasteiger partial charge in [0.25, 0.3) is 0 Å². The zero-order valence-corrected chi connectivity index (χ0v) is 21.1.